The average Bonchev–Trinajstić information content (AvgIpc) is 1.41. The molecule has 0 saturated carbocycles. The third kappa shape index (κ3) is 8.93. The normalized spacial score (nSPS) is 6.83. The molecule has 2 heteroatoms. The van der Waals surface area contributed by atoms with E-state index >= 15 is 0 Å². The predicted molar refractivity (Wildman–Crippen MR) is 29.4 cm³/mol. The monoisotopic (exact) mass is 94.1 g/mol. The first-order valence-electron chi connectivity index (χ1n) is 2.41. The fourth-order valence-corrected chi connectivity index (χ4v) is 1.06. The van der Waals surface area contributed by atoms with E-state index < -0.39 is 0 Å². The van der Waals surface area contributed by atoms with Gasteiger partial charge in [-0.1, -0.05) is 19.8 Å². The zero-order valence-corrected chi connectivity index (χ0v) is 7.12. The van der Waals surface area contributed by atoms with E-state index in [1.165, 1.54) is 34.4 Å². The molecule has 0 heterocycles. The van der Waals surface area contributed by atoms with Gasteiger partial charge in [-0.15, -0.1) is 5.28 Å². The van der Waals surface area contributed by atoms with Gasteiger partial charge in [-0.05, 0) is 0 Å². The zero-order chi connectivity index (χ0) is 4.12. The fraction of sp³-hybridized carbons (Fsp3) is 1.00. The van der Waals surface area contributed by atoms with E-state index in [4.69, 9.17) is 0 Å². The van der Waals surface area contributed by atoms with Crippen LogP contribution in [-0.2, 0) is 0 Å². The molecule has 0 unspecified atom stereocenters. The summed E-state index contributed by atoms with van der Waals surface area (Å²) in [5.74, 6) is 0. The van der Waals surface area contributed by atoms with Gasteiger partial charge in [-0.3, -0.25) is 0 Å². The van der Waals surface area contributed by atoms with Crippen molar-refractivity contribution in [1.82, 2.24) is 0 Å². The van der Waals surface area contributed by atoms with E-state index in [9.17, 15) is 0 Å². The van der Waals surface area contributed by atoms with E-state index in [2.05, 4.69) is 6.92 Å². The minimum atomic E-state index is 0. The van der Waals surface area contributed by atoms with Crippen molar-refractivity contribution in [1.29, 1.82) is 0 Å². The molecule has 0 radical (unpaired) electrons. The van der Waals surface area contributed by atoms with Gasteiger partial charge in [-0.2, -0.15) is 0 Å². The molecular weight excluding hydrogens is 82.0 g/mol. The molecule has 0 aromatic heterocycles. The summed E-state index contributed by atoms with van der Waals surface area (Å²) in [5, 5.41) is 1.48. The first kappa shape index (κ1) is 10.2. The Bertz CT molecular complexity index is 19.2. The molecule has 6 heavy (non-hydrogen) atoms. The van der Waals surface area contributed by atoms with Crippen LogP contribution < -0.4 is 18.9 Å². The van der Waals surface area contributed by atoms with Crippen LogP contribution in [0.2, 0.25) is 5.28 Å². The molecular formula is C4H12AlLi. The Labute approximate surface area is 61.8 Å². The molecule has 0 aliphatic carbocycles. The summed E-state index contributed by atoms with van der Waals surface area (Å²) < 4.78 is 0. The van der Waals surface area contributed by atoms with Crippen molar-refractivity contribution in [2.45, 2.75) is 25.0 Å². The van der Waals surface area contributed by atoms with E-state index in [1.54, 1.807) is 0 Å². The Morgan fingerprint density at radius 3 is 2.17 bits per heavy atom. The predicted octanol–water partition coefficient (Wildman–Crippen LogP) is -2.05. The van der Waals surface area contributed by atoms with Crippen LogP contribution in [0.3, 0.4) is 0 Å². The second-order valence-electron chi connectivity index (χ2n) is 1.35. The summed E-state index contributed by atoms with van der Waals surface area (Å²) in [6.45, 7) is 2.23. The summed E-state index contributed by atoms with van der Waals surface area (Å²) in [6, 6.07) is 0. The third-order valence-electron chi connectivity index (χ3n) is 0.707. The first-order chi connectivity index (χ1) is 2.41. The molecule has 0 rings (SSSR count). The Kier molecular flexibility index (Phi) is 16.0. The minimum Gasteiger partial charge on any atom is -1.00 e. The summed E-state index contributed by atoms with van der Waals surface area (Å²) in [7, 11) is 0. The number of hydrogen-bond donors (Lipinski definition) is 0. The fourth-order valence-electron chi connectivity index (χ4n) is 0.354. The molecule has 0 N–H and O–H groups in total. The quantitative estimate of drug-likeness (QED) is 0.346. The first-order valence-corrected chi connectivity index (χ1v) is 3.83. The molecule has 0 nitrogen and oxygen atoms in total. The molecule has 0 atom stereocenters. The van der Waals surface area contributed by atoms with Crippen LogP contribution in [-0.4, -0.2) is 16.3 Å². The number of hydrogen-bond acceptors (Lipinski definition) is 0. The van der Waals surface area contributed by atoms with Crippen molar-refractivity contribution in [3.63, 3.8) is 0 Å². The van der Waals surface area contributed by atoms with Crippen molar-refractivity contribution in [3.05, 3.63) is 0 Å². The van der Waals surface area contributed by atoms with Gasteiger partial charge < -0.3 is 1.43 Å². The van der Waals surface area contributed by atoms with Crippen LogP contribution in [0.15, 0.2) is 0 Å². The summed E-state index contributed by atoms with van der Waals surface area (Å²) in [6.07, 6.45) is 2.83. The molecule has 0 spiro atoms. The van der Waals surface area contributed by atoms with Gasteiger partial charge in [-0.25, -0.2) is 0 Å². The van der Waals surface area contributed by atoms with Crippen LogP contribution in [0, 0.1) is 0 Å². The van der Waals surface area contributed by atoms with Crippen LogP contribution in [0.1, 0.15) is 21.2 Å². The maximum Gasteiger partial charge on any atom is 1.00 e. The standard InChI is InChI=1S/C4H9.Al.Li.3H/c1-3-4-2;;;;;/h1,3-4H2,2H3;;;;;/q;;+1;;;-1. The second kappa shape index (κ2) is 9.46. The Hall–Kier alpha value is 1.13. The van der Waals surface area contributed by atoms with Crippen LogP contribution in [0.25, 0.3) is 0 Å². The van der Waals surface area contributed by atoms with E-state index in [1.807, 2.05) is 0 Å². The summed E-state index contributed by atoms with van der Waals surface area (Å²) in [4.78, 5) is 0. The third-order valence-corrected chi connectivity index (χ3v) is 1.41. The Balaban J connectivity index is -0.0000000800. The molecule has 0 aromatic rings. The Morgan fingerprint density at radius 1 is 1.67 bits per heavy atom. The zero-order valence-electron chi connectivity index (χ0n) is 6.12. The summed E-state index contributed by atoms with van der Waals surface area (Å²) >= 11 is 1.40. The molecule has 0 bridgehead atoms. The van der Waals surface area contributed by atoms with Crippen LogP contribution in [0.4, 0.5) is 0 Å². The maximum atomic E-state index is 2.23. The summed E-state index contributed by atoms with van der Waals surface area (Å²) in [5.41, 5.74) is 0. The van der Waals surface area contributed by atoms with Crippen LogP contribution in [0.5, 0.6) is 0 Å². The molecule has 0 aliphatic rings. The molecule has 0 saturated heterocycles. The number of rotatable bonds is 2. The van der Waals surface area contributed by atoms with Crippen molar-refractivity contribution in [3.8, 4) is 0 Å². The Morgan fingerprint density at radius 2 is 2.17 bits per heavy atom. The van der Waals surface area contributed by atoms with Gasteiger partial charge in [0.2, 0.25) is 16.3 Å². The van der Waals surface area contributed by atoms with Crippen molar-refractivity contribution >= 4 is 16.3 Å². The maximum absolute atomic E-state index is 2.23. The molecule has 32 valence electrons. The van der Waals surface area contributed by atoms with E-state index in [0.717, 1.165) is 0 Å². The van der Waals surface area contributed by atoms with Gasteiger partial charge in [0.1, 0.15) is 0 Å². The van der Waals surface area contributed by atoms with Gasteiger partial charge in [0.25, 0.3) is 0 Å². The minimum absolute atomic E-state index is 0. The van der Waals surface area contributed by atoms with Gasteiger partial charge in [0.05, 0.1) is 0 Å². The van der Waals surface area contributed by atoms with Gasteiger partial charge >= 0.3 is 18.9 Å². The van der Waals surface area contributed by atoms with Crippen molar-refractivity contribution in [2.24, 2.45) is 0 Å². The van der Waals surface area contributed by atoms with E-state index in [-0.39, 0.29) is 20.3 Å². The SMILES string of the molecule is CCC[CH2][AlH2].[H-].[Li+]. The van der Waals surface area contributed by atoms with Crippen molar-refractivity contribution in [2.75, 3.05) is 0 Å². The molecule has 0 aliphatic heterocycles. The van der Waals surface area contributed by atoms with Crippen LogP contribution >= 0.6 is 0 Å². The molecule has 0 aromatic carbocycles. The van der Waals surface area contributed by atoms with Gasteiger partial charge in [0.15, 0.2) is 0 Å². The largest absolute Gasteiger partial charge is 1.00 e. The number of unbranched alkanes of at least 4 members (excludes halogenated alkanes) is 1. The van der Waals surface area contributed by atoms with Crippen molar-refractivity contribution < 1.29 is 20.3 Å². The second-order valence-corrected chi connectivity index (χ2v) is 2.35. The molecule has 0 amide bonds. The van der Waals surface area contributed by atoms with E-state index in [0.29, 0.717) is 0 Å². The van der Waals surface area contributed by atoms with Gasteiger partial charge in [0, 0.05) is 0 Å². The smallest absolute Gasteiger partial charge is 1.00 e. The average molecular weight is 94.1 g/mol. The topological polar surface area (TPSA) is 0 Å². The molecule has 0 fully saturated rings.